The molecule has 1 N–H and O–H groups in total. The fraction of sp³-hybridized carbons (Fsp3) is 0.538. The normalized spacial score (nSPS) is 14.6. The van der Waals surface area contributed by atoms with Gasteiger partial charge in [0.2, 0.25) is 0 Å². The molecule has 92 valence electrons. The van der Waals surface area contributed by atoms with Crippen molar-refractivity contribution in [1.29, 1.82) is 0 Å². The molecule has 0 aliphatic heterocycles. The van der Waals surface area contributed by atoms with Crippen LogP contribution in [0.2, 0.25) is 0 Å². The van der Waals surface area contributed by atoms with E-state index in [2.05, 4.69) is 16.8 Å². The van der Waals surface area contributed by atoms with Crippen molar-refractivity contribution in [2.45, 2.75) is 38.6 Å². The highest BCUT2D eigenvalue weighted by Gasteiger charge is 2.29. The molecule has 4 nitrogen and oxygen atoms in total. The van der Waals surface area contributed by atoms with Gasteiger partial charge in [0.1, 0.15) is 5.82 Å². The second kappa shape index (κ2) is 5.17. The Bertz CT molecular complexity index is 402. The van der Waals surface area contributed by atoms with Crippen molar-refractivity contribution >= 4 is 11.8 Å². The van der Waals surface area contributed by atoms with Gasteiger partial charge in [0, 0.05) is 18.8 Å². The van der Waals surface area contributed by atoms with E-state index in [1.165, 1.54) is 18.9 Å². The van der Waals surface area contributed by atoms with Crippen molar-refractivity contribution in [1.82, 2.24) is 4.98 Å². The average molecular weight is 234 g/mol. The summed E-state index contributed by atoms with van der Waals surface area (Å²) >= 11 is 0. The standard InChI is InChI=1S/C13H18N2O2/c1-2-3-8-15(11-4-5-11)12-9-10(13(16)17)6-7-14-12/h6-7,9,11H,2-5,8H2,1H3,(H,16,17). The molecular weight excluding hydrogens is 216 g/mol. The minimum Gasteiger partial charge on any atom is -0.478 e. The van der Waals surface area contributed by atoms with Gasteiger partial charge in [-0.25, -0.2) is 9.78 Å². The topological polar surface area (TPSA) is 53.4 Å². The van der Waals surface area contributed by atoms with Crippen molar-refractivity contribution in [2.24, 2.45) is 0 Å². The molecule has 4 heteroatoms. The second-order valence-electron chi connectivity index (χ2n) is 4.49. The van der Waals surface area contributed by atoms with E-state index in [4.69, 9.17) is 5.11 Å². The molecule has 1 heterocycles. The summed E-state index contributed by atoms with van der Waals surface area (Å²) in [6, 6.07) is 3.78. The van der Waals surface area contributed by atoms with Gasteiger partial charge >= 0.3 is 5.97 Å². The van der Waals surface area contributed by atoms with Crippen LogP contribution in [0.5, 0.6) is 0 Å². The summed E-state index contributed by atoms with van der Waals surface area (Å²) in [5.41, 5.74) is 0.317. The van der Waals surface area contributed by atoms with Crippen molar-refractivity contribution in [3.63, 3.8) is 0 Å². The average Bonchev–Trinajstić information content (AvgIpc) is 3.14. The first-order valence-electron chi connectivity index (χ1n) is 6.18. The van der Waals surface area contributed by atoms with Gasteiger partial charge in [-0.2, -0.15) is 0 Å². The van der Waals surface area contributed by atoms with Crippen LogP contribution >= 0.6 is 0 Å². The number of aromatic carboxylic acids is 1. The minimum atomic E-state index is -0.889. The first-order chi connectivity index (χ1) is 8.22. The number of rotatable bonds is 6. The van der Waals surface area contributed by atoms with Gasteiger partial charge in [0.25, 0.3) is 0 Å². The van der Waals surface area contributed by atoms with Crippen LogP contribution in [0.3, 0.4) is 0 Å². The van der Waals surface area contributed by atoms with Crippen LogP contribution < -0.4 is 4.90 Å². The molecule has 1 aliphatic carbocycles. The monoisotopic (exact) mass is 234 g/mol. The third-order valence-corrected chi connectivity index (χ3v) is 3.03. The molecule has 1 fully saturated rings. The van der Waals surface area contributed by atoms with Crippen LogP contribution in [0.15, 0.2) is 18.3 Å². The lowest BCUT2D eigenvalue weighted by Crippen LogP contribution is -2.27. The number of carboxylic acids is 1. The van der Waals surface area contributed by atoms with E-state index in [9.17, 15) is 4.79 Å². The summed E-state index contributed by atoms with van der Waals surface area (Å²) in [4.78, 5) is 17.5. The van der Waals surface area contributed by atoms with Crippen molar-refractivity contribution in [3.05, 3.63) is 23.9 Å². The second-order valence-corrected chi connectivity index (χ2v) is 4.49. The highest BCUT2D eigenvalue weighted by molar-refractivity contribution is 5.88. The molecular formula is C13H18N2O2. The lowest BCUT2D eigenvalue weighted by atomic mass is 10.2. The van der Waals surface area contributed by atoms with E-state index < -0.39 is 5.97 Å². The maximum atomic E-state index is 10.9. The summed E-state index contributed by atoms with van der Waals surface area (Å²) in [6.07, 6.45) is 6.24. The number of hydrogen-bond donors (Lipinski definition) is 1. The summed E-state index contributed by atoms with van der Waals surface area (Å²) in [6.45, 7) is 3.13. The molecule has 0 unspecified atom stereocenters. The Morgan fingerprint density at radius 2 is 2.35 bits per heavy atom. The Kier molecular flexibility index (Phi) is 3.61. The number of carboxylic acid groups (broad SMARTS) is 1. The first-order valence-corrected chi connectivity index (χ1v) is 6.18. The number of unbranched alkanes of at least 4 members (excludes halogenated alkanes) is 1. The fourth-order valence-corrected chi connectivity index (χ4v) is 1.91. The highest BCUT2D eigenvalue weighted by Crippen LogP contribution is 2.31. The molecule has 1 aromatic rings. The van der Waals surface area contributed by atoms with Gasteiger partial charge in [-0.05, 0) is 31.4 Å². The van der Waals surface area contributed by atoms with Crippen LogP contribution in [0, 0.1) is 0 Å². The maximum absolute atomic E-state index is 10.9. The van der Waals surface area contributed by atoms with Crippen molar-refractivity contribution in [2.75, 3.05) is 11.4 Å². The fourth-order valence-electron chi connectivity index (χ4n) is 1.91. The summed E-state index contributed by atoms with van der Waals surface area (Å²) < 4.78 is 0. The Hall–Kier alpha value is -1.58. The van der Waals surface area contributed by atoms with Gasteiger partial charge in [-0.3, -0.25) is 0 Å². The van der Waals surface area contributed by atoms with Crippen LogP contribution in [0.1, 0.15) is 43.0 Å². The Morgan fingerprint density at radius 3 is 2.94 bits per heavy atom. The largest absolute Gasteiger partial charge is 0.478 e. The van der Waals surface area contributed by atoms with Gasteiger partial charge in [0.15, 0.2) is 0 Å². The third kappa shape index (κ3) is 2.96. The van der Waals surface area contributed by atoms with Crippen LogP contribution in [-0.4, -0.2) is 28.6 Å². The SMILES string of the molecule is CCCCN(c1cc(C(=O)O)ccn1)C1CC1. The number of aromatic nitrogens is 1. The third-order valence-electron chi connectivity index (χ3n) is 3.03. The van der Waals surface area contributed by atoms with Gasteiger partial charge in [-0.1, -0.05) is 13.3 Å². The number of anilines is 1. The lowest BCUT2D eigenvalue weighted by molar-refractivity contribution is 0.0697. The highest BCUT2D eigenvalue weighted by atomic mass is 16.4. The van der Waals surface area contributed by atoms with E-state index in [0.29, 0.717) is 11.6 Å². The van der Waals surface area contributed by atoms with Crippen LogP contribution in [0.4, 0.5) is 5.82 Å². The van der Waals surface area contributed by atoms with Gasteiger partial charge < -0.3 is 10.0 Å². The van der Waals surface area contributed by atoms with Gasteiger partial charge in [0.05, 0.1) is 5.56 Å². The maximum Gasteiger partial charge on any atom is 0.335 e. The first kappa shape index (κ1) is 11.9. The molecule has 0 saturated heterocycles. The Labute approximate surface area is 101 Å². The van der Waals surface area contributed by atoms with E-state index in [1.54, 1.807) is 12.3 Å². The molecule has 2 rings (SSSR count). The molecule has 0 bridgehead atoms. The number of nitrogens with zero attached hydrogens (tertiary/aromatic N) is 2. The molecule has 0 aromatic carbocycles. The molecule has 1 saturated carbocycles. The Balaban J connectivity index is 2.16. The predicted molar refractivity (Wildman–Crippen MR) is 66.5 cm³/mol. The molecule has 17 heavy (non-hydrogen) atoms. The van der Waals surface area contributed by atoms with Crippen molar-refractivity contribution in [3.8, 4) is 0 Å². The summed E-state index contributed by atoms with van der Waals surface area (Å²) in [5, 5.41) is 8.98. The van der Waals surface area contributed by atoms with E-state index in [-0.39, 0.29) is 0 Å². The smallest absolute Gasteiger partial charge is 0.335 e. The predicted octanol–water partition coefficient (Wildman–Crippen LogP) is 2.55. The zero-order valence-electron chi connectivity index (χ0n) is 10.1. The number of hydrogen-bond acceptors (Lipinski definition) is 3. The lowest BCUT2D eigenvalue weighted by Gasteiger charge is -2.23. The zero-order valence-corrected chi connectivity index (χ0v) is 10.1. The zero-order chi connectivity index (χ0) is 12.3. The molecule has 0 atom stereocenters. The summed E-state index contributed by atoms with van der Waals surface area (Å²) in [7, 11) is 0. The molecule has 1 aliphatic rings. The number of carbonyl (C=O) groups is 1. The minimum absolute atomic E-state index is 0.317. The van der Waals surface area contributed by atoms with E-state index >= 15 is 0 Å². The van der Waals surface area contributed by atoms with Crippen LogP contribution in [-0.2, 0) is 0 Å². The van der Waals surface area contributed by atoms with E-state index in [0.717, 1.165) is 25.2 Å². The molecule has 1 aromatic heterocycles. The van der Waals surface area contributed by atoms with Crippen LogP contribution in [0.25, 0.3) is 0 Å². The molecule has 0 amide bonds. The quantitative estimate of drug-likeness (QED) is 0.821. The summed E-state index contributed by atoms with van der Waals surface area (Å²) in [5.74, 6) is -0.0826. The van der Waals surface area contributed by atoms with Gasteiger partial charge in [-0.15, -0.1) is 0 Å². The number of pyridine rings is 1. The Morgan fingerprint density at radius 1 is 1.59 bits per heavy atom. The molecule has 0 spiro atoms. The molecule has 0 radical (unpaired) electrons. The van der Waals surface area contributed by atoms with E-state index in [1.807, 2.05) is 0 Å². The van der Waals surface area contributed by atoms with Crippen molar-refractivity contribution < 1.29 is 9.90 Å².